The Morgan fingerprint density at radius 3 is 2.81 bits per heavy atom. The number of hydrogen-bond acceptors (Lipinski definition) is 6. The van der Waals surface area contributed by atoms with Gasteiger partial charge in [-0.2, -0.15) is 0 Å². The van der Waals surface area contributed by atoms with Gasteiger partial charge in [0.1, 0.15) is 17.2 Å². The number of hydrogen-bond donors (Lipinski definition) is 1. The Kier molecular flexibility index (Phi) is 4.84. The van der Waals surface area contributed by atoms with E-state index in [-0.39, 0.29) is 23.8 Å². The highest BCUT2D eigenvalue weighted by molar-refractivity contribution is 7.18. The van der Waals surface area contributed by atoms with Crippen molar-refractivity contribution in [2.45, 2.75) is 13.5 Å². The smallest absolute Gasteiger partial charge is 0.263 e. The number of nitrogens with one attached hydrogen (secondary N) is 1. The SMILES string of the molecule is Cc1nc2ccc(NC(=O)Cn3cnc4scc(-c5ccc(F)cc5)c4c3=O)cc2s1. The van der Waals surface area contributed by atoms with E-state index in [0.717, 1.165) is 20.8 Å². The van der Waals surface area contributed by atoms with E-state index in [1.54, 1.807) is 29.5 Å². The van der Waals surface area contributed by atoms with E-state index in [4.69, 9.17) is 0 Å². The number of aryl methyl sites for hydroxylation is 1. The first-order valence-electron chi connectivity index (χ1n) is 9.37. The van der Waals surface area contributed by atoms with Gasteiger partial charge >= 0.3 is 0 Å². The number of anilines is 1. The number of benzene rings is 2. The van der Waals surface area contributed by atoms with Crippen LogP contribution in [0.15, 0.2) is 59.0 Å². The zero-order chi connectivity index (χ0) is 21.5. The summed E-state index contributed by atoms with van der Waals surface area (Å²) in [6.07, 6.45) is 1.38. The van der Waals surface area contributed by atoms with Crippen molar-refractivity contribution in [3.8, 4) is 11.1 Å². The molecule has 0 saturated carbocycles. The van der Waals surface area contributed by atoms with Gasteiger partial charge in [-0.05, 0) is 42.8 Å². The molecule has 0 spiro atoms. The van der Waals surface area contributed by atoms with Crippen LogP contribution in [0.25, 0.3) is 31.6 Å². The Morgan fingerprint density at radius 2 is 2.00 bits per heavy atom. The summed E-state index contributed by atoms with van der Waals surface area (Å²) in [6, 6.07) is 11.5. The second kappa shape index (κ2) is 7.68. The van der Waals surface area contributed by atoms with E-state index >= 15 is 0 Å². The van der Waals surface area contributed by atoms with E-state index in [2.05, 4.69) is 15.3 Å². The standard InChI is InChI=1S/C22H15FN4O2S2/c1-12-25-17-7-6-15(8-18(17)31-12)26-19(28)9-27-11-24-21-20(22(27)29)16(10-30-21)13-2-4-14(23)5-3-13/h2-8,10-11H,9H2,1H3,(H,26,28). The van der Waals surface area contributed by atoms with Crippen molar-refractivity contribution in [1.29, 1.82) is 0 Å². The third kappa shape index (κ3) is 3.73. The number of nitrogens with zero attached hydrogens (tertiary/aromatic N) is 3. The normalized spacial score (nSPS) is 11.3. The van der Waals surface area contributed by atoms with Crippen LogP contribution in [0.1, 0.15) is 5.01 Å². The summed E-state index contributed by atoms with van der Waals surface area (Å²) < 4.78 is 15.5. The van der Waals surface area contributed by atoms with E-state index < -0.39 is 0 Å². The van der Waals surface area contributed by atoms with E-state index in [9.17, 15) is 14.0 Å². The molecule has 9 heteroatoms. The minimum Gasteiger partial charge on any atom is -0.324 e. The molecule has 154 valence electrons. The molecule has 0 aliphatic rings. The van der Waals surface area contributed by atoms with Crippen molar-refractivity contribution < 1.29 is 9.18 Å². The van der Waals surface area contributed by atoms with Crippen LogP contribution in [0, 0.1) is 12.7 Å². The molecule has 0 atom stereocenters. The van der Waals surface area contributed by atoms with Crippen LogP contribution in [0.4, 0.5) is 10.1 Å². The molecule has 6 nitrogen and oxygen atoms in total. The molecule has 0 unspecified atom stereocenters. The lowest BCUT2D eigenvalue weighted by Gasteiger charge is -2.08. The summed E-state index contributed by atoms with van der Waals surface area (Å²) in [4.78, 5) is 35.0. The summed E-state index contributed by atoms with van der Waals surface area (Å²) in [5.74, 6) is -0.676. The highest BCUT2D eigenvalue weighted by Gasteiger charge is 2.15. The van der Waals surface area contributed by atoms with E-state index in [1.165, 1.54) is 34.4 Å². The van der Waals surface area contributed by atoms with Crippen molar-refractivity contribution in [2.75, 3.05) is 5.32 Å². The molecule has 3 heterocycles. The maximum atomic E-state index is 13.3. The van der Waals surface area contributed by atoms with Gasteiger partial charge in [0.05, 0.1) is 26.9 Å². The molecule has 0 aliphatic carbocycles. The molecule has 0 bridgehead atoms. The van der Waals surface area contributed by atoms with Gasteiger partial charge in [-0.3, -0.25) is 14.2 Å². The fraction of sp³-hybridized carbons (Fsp3) is 0.0909. The summed E-state index contributed by atoms with van der Waals surface area (Å²) in [5, 5.41) is 6.03. The van der Waals surface area contributed by atoms with Crippen LogP contribution < -0.4 is 10.9 Å². The summed E-state index contributed by atoms with van der Waals surface area (Å²) in [7, 11) is 0. The number of carbonyl (C=O) groups is 1. The largest absolute Gasteiger partial charge is 0.324 e. The van der Waals surface area contributed by atoms with Crippen LogP contribution in [-0.2, 0) is 11.3 Å². The first-order valence-corrected chi connectivity index (χ1v) is 11.1. The molecule has 0 aliphatic heterocycles. The van der Waals surface area contributed by atoms with Gasteiger partial charge in [0.15, 0.2) is 0 Å². The second-order valence-electron chi connectivity index (χ2n) is 6.98. The molecule has 1 amide bonds. The molecule has 5 rings (SSSR count). The number of rotatable bonds is 4. The Hall–Kier alpha value is -3.43. The lowest BCUT2D eigenvalue weighted by molar-refractivity contribution is -0.116. The first kappa shape index (κ1) is 19.5. The fourth-order valence-corrected chi connectivity index (χ4v) is 5.17. The highest BCUT2D eigenvalue weighted by Crippen LogP contribution is 2.30. The number of aromatic nitrogens is 3. The average molecular weight is 451 g/mol. The van der Waals surface area contributed by atoms with Crippen LogP contribution in [0.5, 0.6) is 0 Å². The Morgan fingerprint density at radius 1 is 1.19 bits per heavy atom. The van der Waals surface area contributed by atoms with Gasteiger partial charge in [-0.25, -0.2) is 14.4 Å². The molecule has 2 aromatic carbocycles. The molecule has 0 fully saturated rings. The summed E-state index contributed by atoms with van der Waals surface area (Å²) in [5.41, 5.74) is 2.62. The third-order valence-electron chi connectivity index (χ3n) is 4.81. The molecule has 5 aromatic rings. The Labute approximate surface area is 183 Å². The van der Waals surface area contributed by atoms with Crippen molar-refractivity contribution in [1.82, 2.24) is 14.5 Å². The lowest BCUT2D eigenvalue weighted by Crippen LogP contribution is -2.27. The van der Waals surface area contributed by atoms with Gasteiger partial charge < -0.3 is 5.32 Å². The number of thiophene rings is 1. The maximum Gasteiger partial charge on any atom is 0.263 e. The van der Waals surface area contributed by atoms with Crippen molar-refractivity contribution in [3.63, 3.8) is 0 Å². The number of thiazole rings is 1. The monoisotopic (exact) mass is 450 g/mol. The average Bonchev–Trinajstić information content (AvgIpc) is 3.33. The molecule has 31 heavy (non-hydrogen) atoms. The van der Waals surface area contributed by atoms with Gasteiger partial charge in [-0.1, -0.05) is 12.1 Å². The first-order chi connectivity index (χ1) is 15.0. The van der Waals surface area contributed by atoms with Crippen LogP contribution in [-0.4, -0.2) is 20.4 Å². The fourth-order valence-electron chi connectivity index (χ4n) is 3.39. The topological polar surface area (TPSA) is 76.9 Å². The summed E-state index contributed by atoms with van der Waals surface area (Å²) >= 11 is 2.89. The molecule has 0 saturated heterocycles. The van der Waals surface area contributed by atoms with Crippen LogP contribution >= 0.6 is 22.7 Å². The van der Waals surface area contributed by atoms with Gasteiger partial charge in [0.25, 0.3) is 5.56 Å². The van der Waals surface area contributed by atoms with E-state index in [1.807, 2.05) is 24.4 Å². The minimum absolute atomic E-state index is 0.166. The molecular formula is C22H15FN4O2S2. The Bertz CT molecular complexity index is 1500. The maximum absolute atomic E-state index is 13.3. The number of amides is 1. The van der Waals surface area contributed by atoms with Crippen LogP contribution in [0.3, 0.4) is 0 Å². The molecule has 1 N–H and O–H groups in total. The van der Waals surface area contributed by atoms with Crippen LogP contribution in [0.2, 0.25) is 0 Å². The molecule has 3 aromatic heterocycles. The second-order valence-corrected chi connectivity index (χ2v) is 9.07. The number of carbonyl (C=O) groups excluding carboxylic acids is 1. The zero-order valence-corrected chi connectivity index (χ0v) is 17.9. The number of halogens is 1. The van der Waals surface area contributed by atoms with Crippen molar-refractivity contribution in [2.24, 2.45) is 0 Å². The number of fused-ring (bicyclic) bond motifs is 2. The predicted molar refractivity (Wildman–Crippen MR) is 122 cm³/mol. The van der Waals surface area contributed by atoms with Gasteiger partial charge in [0.2, 0.25) is 5.91 Å². The highest BCUT2D eigenvalue weighted by atomic mass is 32.1. The van der Waals surface area contributed by atoms with Crippen molar-refractivity contribution in [3.05, 3.63) is 75.4 Å². The Balaban J connectivity index is 1.43. The molecule has 0 radical (unpaired) electrons. The lowest BCUT2D eigenvalue weighted by atomic mass is 10.1. The van der Waals surface area contributed by atoms with Gasteiger partial charge in [0, 0.05) is 16.6 Å². The molecular weight excluding hydrogens is 435 g/mol. The quantitative estimate of drug-likeness (QED) is 0.426. The third-order valence-corrected chi connectivity index (χ3v) is 6.63. The summed E-state index contributed by atoms with van der Waals surface area (Å²) in [6.45, 7) is 1.77. The van der Waals surface area contributed by atoms with Gasteiger partial charge in [-0.15, -0.1) is 22.7 Å². The minimum atomic E-state index is -0.345. The van der Waals surface area contributed by atoms with Crippen molar-refractivity contribution >= 4 is 54.7 Å². The zero-order valence-electron chi connectivity index (χ0n) is 16.3. The van der Waals surface area contributed by atoms with E-state index in [0.29, 0.717) is 21.5 Å². The predicted octanol–water partition coefficient (Wildman–Crippen LogP) is 4.82.